The molecule has 0 aliphatic carbocycles. The molecule has 0 unspecified atom stereocenters. The molecule has 1 aromatic heterocycles. The number of ether oxygens (including phenoxy) is 1. The van der Waals surface area contributed by atoms with E-state index in [0.29, 0.717) is 5.92 Å². The number of hydrogen-bond acceptors (Lipinski definition) is 2. The fraction of sp³-hybridized carbons (Fsp3) is 0.444. The standard InChI is InChI=1S/C9H12INO/c1-7(2)6-12-9-5-3-4-8(10)11-9/h3-5,7H,6H2,1-2H3. The smallest absolute Gasteiger partial charge is 0.214 e. The Morgan fingerprint density at radius 2 is 2.25 bits per heavy atom. The Morgan fingerprint density at radius 1 is 1.50 bits per heavy atom. The van der Waals surface area contributed by atoms with Gasteiger partial charge >= 0.3 is 0 Å². The molecular formula is C9H12INO. The summed E-state index contributed by atoms with van der Waals surface area (Å²) in [5.41, 5.74) is 0. The van der Waals surface area contributed by atoms with Crippen LogP contribution in [0.3, 0.4) is 0 Å². The molecule has 0 aliphatic heterocycles. The highest BCUT2D eigenvalue weighted by atomic mass is 127. The molecule has 2 nitrogen and oxygen atoms in total. The van der Waals surface area contributed by atoms with Crippen molar-refractivity contribution in [3.05, 3.63) is 21.9 Å². The average molecular weight is 277 g/mol. The lowest BCUT2D eigenvalue weighted by Gasteiger charge is -2.06. The van der Waals surface area contributed by atoms with E-state index in [-0.39, 0.29) is 0 Å². The Balaban J connectivity index is 2.52. The first-order chi connectivity index (χ1) is 5.68. The van der Waals surface area contributed by atoms with Crippen molar-refractivity contribution in [1.29, 1.82) is 0 Å². The molecule has 0 aliphatic rings. The predicted octanol–water partition coefficient (Wildman–Crippen LogP) is 2.72. The van der Waals surface area contributed by atoms with Gasteiger partial charge in [-0.1, -0.05) is 19.9 Å². The lowest BCUT2D eigenvalue weighted by Crippen LogP contribution is -2.05. The highest BCUT2D eigenvalue weighted by molar-refractivity contribution is 14.1. The summed E-state index contributed by atoms with van der Waals surface area (Å²) >= 11 is 2.17. The number of pyridine rings is 1. The molecule has 1 rings (SSSR count). The van der Waals surface area contributed by atoms with Crippen LogP contribution in [0.15, 0.2) is 18.2 Å². The molecule has 3 heteroatoms. The molecule has 0 fully saturated rings. The number of halogens is 1. The van der Waals surface area contributed by atoms with Crippen LogP contribution in [-0.2, 0) is 0 Å². The van der Waals surface area contributed by atoms with E-state index in [2.05, 4.69) is 41.4 Å². The van der Waals surface area contributed by atoms with Crippen LogP contribution in [0.25, 0.3) is 0 Å². The third-order valence-corrected chi connectivity index (χ3v) is 1.85. The van der Waals surface area contributed by atoms with Gasteiger partial charge in [0.15, 0.2) is 0 Å². The minimum absolute atomic E-state index is 0.546. The number of hydrogen-bond donors (Lipinski definition) is 0. The molecule has 0 amide bonds. The van der Waals surface area contributed by atoms with Gasteiger partial charge in [-0.05, 0) is 34.6 Å². The molecule has 0 aromatic carbocycles. The fourth-order valence-electron chi connectivity index (χ4n) is 0.722. The Bertz CT molecular complexity index is 250. The first kappa shape index (κ1) is 9.77. The summed E-state index contributed by atoms with van der Waals surface area (Å²) in [4.78, 5) is 4.21. The maximum absolute atomic E-state index is 5.43. The Labute approximate surface area is 86.5 Å². The summed E-state index contributed by atoms with van der Waals surface area (Å²) in [6.07, 6.45) is 0. The van der Waals surface area contributed by atoms with Crippen molar-refractivity contribution in [2.24, 2.45) is 5.92 Å². The summed E-state index contributed by atoms with van der Waals surface area (Å²) in [7, 11) is 0. The van der Waals surface area contributed by atoms with Crippen molar-refractivity contribution in [2.45, 2.75) is 13.8 Å². The van der Waals surface area contributed by atoms with E-state index < -0.39 is 0 Å². The van der Waals surface area contributed by atoms with Gasteiger partial charge in [0.25, 0.3) is 0 Å². The summed E-state index contributed by atoms with van der Waals surface area (Å²) in [6.45, 7) is 4.97. The van der Waals surface area contributed by atoms with E-state index in [1.165, 1.54) is 0 Å². The second-order valence-corrected chi connectivity index (χ2v) is 4.11. The number of aromatic nitrogens is 1. The Hall–Kier alpha value is -0.320. The van der Waals surface area contributed by atoms with Gasteiger partial charge in [0.2, 0.25) is 5.88 Å². The maximum Gasteiger partial charge on any atom is 0.214 e. The van der Waals surface area contributed by atoms with Crippen molar-refractivity contribution in [2.75, 3.05) is 6.61 Å². The van der Waals surface area contributed by atoms with Crippen LogP contribution in [0.5, 0.6) is 5.88 Å². The fourth-order valence-corrected chi connectivity index (χ4v) is 1.17. The van der Waals surface area contributed by atoms with Crippen molar-refractivity contribution < 1.29 is 4.74 Å². The first-order valence-corrected chi connectivity index (χ1v) is 5.01. The molecule has 1 heterocycles. The molecule has 0 N–H and O–H groups in total. The average Bonchev–Trinajstić information content (AvgIpc) is 2.01. The predicted molar refractivity (Wildman–Crippen MR) is 57.3 cm³/mol. The van der Waals surface area contributed by atoms with Crippen molar-refractivity contribution in [3.63, 3.8) is 0 Å². The zero-order valence-corrected chi connectivity index (χ0v) is 9.41. The van der Waals surface area contributed by atoms with Crippen LogP contribution in [0, 0.1) is 9.62 Å². The molecule has 0 saturated heterocycles. The summed E-state index contributed by atoms with van der Waals surface area (Å²) in [5, 5.41) is 0. The summed E-state index contributed by atoms with van der Waals surface area (Å²) in [6, 6.07) is 5.78. The van der Waals surface area contributed by atoms with E-state index in [0.717, 1.165) is 16.2 Å². The molecule has 1 aromatic rings. The monoisotopic (exact) mass is 277 g/mol. The Morgan fingerprint density at radius 3 is 2.83 bits per heavy atom. The van der Waals surface area contributed by atoms with E-state index >= 15 is 0 Å². The van der Waals surface area contributed by atoms with Gasteiger partial charge in [-0.3, -0.25) is 0 Å². The molecule has 0 atom stereocenters. The number of rotatable bonds is 3. The molecule has 0 spiro atoms. The molecule has 66 valence electrons. The lowest BCUT2D eigenvalue weighted by molar-refractivity contribution is 0.261. The first-order valence-electron chi connectivity index (χ1n) is 3.94. The maximum atomic E-state index is 5.43. The van der Waals surface area contributed by atoms with Crippen LogP contribution in [0.1, 0.15) is 13.8 Å². The van der Waals surface area contributed by atoms with Crippen molar-refractivity contribution in [1.82, 2.24) is 4.98 Å². The van der Waals surface area contributed by atoms with Crippen molar-refractivity contribution >= 4 is 22.6 Å². The van der Waals surface area contributed by atoms with Crippen LogP contribution < -0.4 is 4.74 Å². The van der Waals surface area contributed by atoms with Crippen LogP contribution in [0.4, 0.5) is 0 Å². The molecule has 12 heavy (non-hydrogen) atoms. The third-order valence-electron chi connectivity index (χ3n) is 1.25. The van der Waals surface area contributed by atoms with Gasteiger partial charge in [-0.2, -0.15) is 0 Å². The van der Waals surface area contributed by atoms with E-state index in [1.807, 2.05) is 18.2 Å². The van der Waals surface area contributed by atoms with Gasteiger partial charge < -0.3 is 4.74 Å². The minimum atomic E-state index is 0.546. The molecule has 0 radical (unpaired) electrons. The Kier molecular flexibility index (Phi) is 3.78. The highest BCUT2D eigenvalue weighted by Crippen LogP contribution is 2.09. The molecule has 0 bridgehead atoms. The summed E-state index contributed by atoms with van der Waals surface area (Å²) < 4.78 is 6.40. The van der Waals surface area contributed by atoms with Gasteiger partial charge in [0, 0.05) is 6.07 Å². The van der Waals surface area contributed by atoms with Gasteiger partial charge in [0.1, 0.15) is 3.70 Å². The van der Waals surface area contributed by atoms with Crippen molar-refractivity contribution in [3.8, 4) is 5.88 Å². The van der Waals surface area contributed by atoms with Gasteiger partial charge in [-0.15, -0.1) is 0 Å². The van der Waals surface area contributed by atoms with Gasteiger partial charge in [-0.25, -0.2) is 4.98 Å². The second-order valence-electron chi connectivity index (χ2n) is 3.00. The van der Waals surface area contributed by atoms with E-state index in [4.69, 9.17) is 4.74 Å². The van der Waals surface area contributed by atoms with Crippen LogP contribution in [-0.4, -0.2) is 11.6 Å². The minimum Gasteiger partial charge on any atom is -0.477 e. The van der Waals surface area contributed by atoms with E-state index in [9.17, 15) is 0 Å². The second kappa shape index (κ2) is 4.64. The quantitative estimate of drug-likeness (QED) is 0.626. The zero-order valence-electron chi connectivity index (χ0n) is 7.25. The summed E-state index contributed by atoms with van der Waals surface area (Å²) in [5.74, 6) is 1.26. The normalized spacial score (nSPS) is 10.3. The third kappa shape index (κ3) is 3.38. The highest BCUT2D eigenvalue weighted by Gasteiger charge is 1.97. The largest absolute Gasteiger partial charge is 0.477 e. The van der Waals surface area contributed by atoms with E-state index in [1.54, 1.807) is 0 Å². The number of nitrogens with zero attached hydrogens (tertiary/aromatic N) is 1. The zero-order chi connectivity index (χ0) is 8.97. The lowest BCUT2D eigenvalue weighted by atomic mass is 10.2. The van der Waals surface area contributed by atoms with Gasteiger partial charge in [0.05, 0.1) is 6.61 Å². The topological polar surface area (TPSA) is 22.1 Å². The SMILES string of the molecule is CC(C)COc1cccc(I)n1. The molecular weight excluding hydrogens is 265 g/mol. The molecule has 0 saturated carbocycles. The van der Waals surface area contributed by atoms with Crippen LogP contribution in [0.2, 0.25) is 0 Å². The van der Waals surface area contributed by atoms with Crippen LogP contribution >= 0.6 is 22.6 Å².